The number of nitrogens with one attached hydrogen (secondary N) is 1. The number of aliphatic hydroxyl groups is 1. The lowest BCUT2D eigenvalue weighted by Crippen LogP contribution is -2.46. The minimum Gasteiger partial charge on any atom is -0.756 e. The number of hydrogen-bond donors (Lipinski definition) is 2. The summed E-state index contributed by atoms with van der Waals surface area (Å²) in [7, 11) is 1.31. The average molecular weight is 815 g/mol. The number of unbranched alkanes of at least 4 members (excludes halogenated alkanes) is 29. The molecule has 2 N–H and O–H groups in total. The Hall–Kier alpha value is -0.760. The largest absolute Gasteiger partial charge is 0.756 e. The van der Waals surface area contributed by atoms with Crippen molar-refractivity contribution >= 4 is 13.7 Å². The second kappa shape index (κ2) is 39.7. The fourth-order valence-electron chi connectivity index (χ4n) is 7.15. The van der Waals surface area contributed by atoms with Crippen LogP contribution in [0.3, 0.4) is 0 Å². The van der Waals surface area contributed by atoms with Gasteiger partial charge in [0.1, 0.15) is 13.2 Å². The van der Waals surface area contributed by atoms with Crippen LogP contribution in [0.25, 0.3) is 0 Å². The lowest BCUT2D eigenvalue weighted by molar-refractivity contribution is -0.870. The van der Waals surface area contributed by atoms with Gasteiger partial charge in [0, 0.05) is 6.42 Å². The maximum atomic E-state index is 12.9. The zero-order valence-electron chi connectivity index (χ0n) is 37.9. The van der Waals surface area contributed by atoms with Crippen LogP contribution in [0, 0.1) is 0 Å². The topological polar surface area (TPSA) is 108 Å². The van der Waals surface area contributed by atoms with Crippen molar-refractivity contribution in [1.82, 2.24) is 5.32 Å². The molecule has 0 saturated carbocycles. The maximum absolute atomic E-state index is 12.9. The van der Waals surface area contributed by atoms with Gasteiger partial charge < -0.3 is 28.8 Å². The summed E-state index contributed by atoms with van der Waals surface area (Å²) < 4.78 is 23.3. The molecular weight excluding hydrogens is 719 g/mol. The molecule has 0 fully saturated rings. The van der Waals surface area contributed by atoms with E-state index in [1.807, 2.05) is 21.1 Å². The number of phosphoric acid groups is 1. The van der Waals surface area contributed by atoms with Gasteiger partial charge in [0.15, 0.2) is 0 Å². The van der Waals surface area contributed by atoms with Crippen LogP contribution in [-0.2, 0) is 18.4 Å². The molecule has 3 unspecified atom stereocenters. The Balaban J connectivity index is 4.28. The van der Waals surface area contributed by atoms with Gasteiger partial charge in [0.25, 0.3) is 7.82 Å². The molecule has 0 rings (SSSR count). The molecule has 0 aliphatic rings. The fourth-order valence-corrected chi connectivity index (χ4v) is 7.88. The Bertz CT molecular complexity index is 927. The molecule has 334 valence electrons. The van der Waals surface area contributed by atoms with Gasteiger partial charge in [-0.2, -0.15) is 0 Å². The molecule has 0 heterocycles. The number of nitrogens with zero attached hydrogens (tertiary/aromatic N) is 1. The lowest BCUT2D eigenvalue weighted by Gasteiger charge is -2.30. The quantitative estimate of drug-likeness (QED) is 0.0274. The third kappa shape index (κ3) is 41.4. The Morgan fingerprint density at radius 1 is 0.607 bits per heavy atom. The molecule has 0 aromatic rings. The Labute approximate surface area is 348 Å². The van der Waals surface area contributed by atoms with E-state index in [4.69, 9.17) is 9.05 Å². The van der Waals surface area contributed by atoms with Crippen LogP contribution in [0.5, 0.6) is 0 Å². The highest BCUT2D eigenvalue weighted by molar-refractivity contribution is 7.45. The molecule has 0 aromatic carbocycles. The number of carbonyl (C=O) groups is 1. The van der Waals surface area contributed by atoms with Crippen LogP contribution < -0.4 is 10.2 Å². The van der Waals surface area contributed by atoms with Crippen LogP contribution in [-0.4, -0.2) is 68.5 Å². The van der Waals surface area contributed by atoms with E-state index >= 15 is 0 Å². The van der Waals surface area contributed by atoms with E-state index in [0.29, 0.717) is 23.9 Å². The summed E-state index contributed by atoms with van der Waals surface area (Å²) in [5, 5.41) is 13.9. The zero-order chi connectivity index (χ0) is 41.4. The monoisotopic (exact) mass is 815 g/mol. The van der Waals surface area contributed by atoms with Crippen molar-refractivity contribution in [2.75, 3.05) is 40.9 Å². The molecule has 0 aliphatic heterocycles. The predicted octanol–water partition coefficient (Wildman–Crippen LogP) is 12.9. The van der Waals surface area contributed by atoms with Crippen molar-refractivity contribution in [3.8, 4) is 0 Å². The standard InChI is InChI=1S/C47H95N2O6P/c1-6-8-10-12-14-16-18-20-22-23-24-25-26-27-29-31-33-35-37-39-41-47(51)48-45(44-55-56(52,53)54-43-42-49(3,4)5)46(50)40-38-36-34-32-30-28-21-19-17-15-13-11-9-7-2/h24-25,45-46,50H,6-23,26-44H2,1-5H3,(H-,48,51,52,53)/b25-24-. The van der Waals surface area contributed by atoms with Gasteiger partial charge in [-0.3, -0.25) is 9.36 Å². The second-order valence-corrected chi connectivity index (χ2v) is 19.2. The van der Waals surface area contributed by atoms with E-state index in [9.17, 15) is 19.4 Å². The molecule has 8 nitrogen and oxygen atoms in total. The summed E-state index contributed by atoms with van der Waals surface area (Å²) in [4.78, 5) is 25.4. The average Bonchev–Trinajstić information content (AvgIpc) is 3.15. The molecule has 0 spiro atoms. The Morgan fingerprint density at radius 2 is 0.982 bits per heavy atom. The SMILES string of the molecule is CCCCCCCCCCC/C=C\CCCCCCCCCC(=O)NC(COP(=O)([O-])OCC[N+](C)(C)C)C(O)CCCCCCCCCCCCCCCC. The van der Waals surface area contributed by atoms with Crippen LogP contribution in [0.4, 0.5) is 0 Å². The van der Waals surface area contributed by atoms with Gasteiger partial charge in [-0.25, -0.2) is 0 Å². The van der Waals surface area contributed by atoms with E-state index < -0.39 is 20.0 Å². The van der Waals surface area contributed by atoms with Crippen LogP contribution >= 0.6 is 7.82 Å². The van der Waals surface area contributed by atoms with E-state index in [1.165, 1.54) is 167 Å². The third-order valence-corrected chi connectivity index (χ3v) is 12.0. The van der Waals surface area contributed by atoms with Gasteiger partial charge in [0.05, 0.1) is 39.9 Å². The van der Waals surface area contributed by atoms with Crippen LogP contribution in [0.15, 0.2) is 12.2 Å². The number of likely N-dealkylation sites (N-methyl/N-ethyl adjacent to an activating group) is 1. The molecular formula is C47H95N2O6P. The number of aliphatic hydroxyl groups excluding tert-OH is 1. The van der Waals surface area contributed by atoms with Crippen molar-refractivity contribution in [3.05, 3.63) is 12.2 Å². The number of amides is 1. The number of allylic oxidation sites excluding steroid dienone is 2. The van der Waals surface area contributed by atoms with Gasteiger partial charge in [-0.05, 0) is 38.5 Å². The Kier molecular flexibility index (Phi) is 39.1. The maximum Gasteiger partial charge on any atom is 0.268 e. The van der Waals surface area contributed by atoms with Crippen molar-refractivity contribution in [3.63, 3.8) is 0 Å². The molecule has 0 aliphatic carbocycles. The number of hydrogen-bond acceptors (Lipinski definition) is 6. The minimum atomic E-state index is -4.56. The third-order valence-electron chi connectivity index (χ3n) is 11.0. The number of carbonyl (C=O) groups excluding carboxylic acids is 1. The first-order valence-corrected chi connectivity index (χ1v) is 25.5. The fraction of sp³-hybridized carbons (Fsp3) is 0.936. The number of quaternary nitrogens is 1. The van der Waals surface area contributed by atoms with Crippen molar-refractivity contribution in [1.29, 1.82) is 0 Å². The van der Waals surface area contributed by atoms with Crippen molar-refractivity contribution in [2.45, 2.75) is 244 Å². The molecule has 0 aromatic heterocycles. The van der Waals surface area contributed by atoms with Gasteiger partial charge in [-0.15, -0.1) is 0 Å². The highest BCUT2D eigenvalue weighted by atomic mass is 31.2. The van der Waals surface area contributed by atoms with Crippen molar-refractivity contribution in [2.24, 2.45) is 0 Å². The van der Waals surface area contributed by atoms with E-state index in [-0.39, 0.29) is 19.1 Å². The lowest BCUT2D eigenvalue weighted by atomic mass is 10.0. The first-order valence-electron chi connectivity index (χ1n) is 24.0. The molecule has 0 saturated heterocycles. The van der Waals surface area contributed by atoms with Crippen molar-refractivity contribution < 1.29 is 32.9 Å². The van der Waals surface area contributed by atoms with E-state index in [2.05, 4.69) is 31.3 Å². The van der Waals surface area contributed by atoms with Gasteiger partial charge in [0.2, 0.25) is 5.91 Å². The molecule has 56 heavy (non-hydrogen) atoms. The van der Waals surface area contributed by atoms with Crippen LogP contribution in [0.2, 0.25) is 0 Å². The molecule has 0 radical (unpaired) electrons. The van der Waals surface area contributed by atoms with Crippen LogP contribution in [0.1, 0.15) is 232 Å². The summed E-state index contributed by atoms with van der Waals surface area (Å²) in [6.45, 7) is 4.73. The zero-order valence-corrected chi connectivity index (χ0v) is 38.7. The smallest absolute Gasteiger partial charge is 0.268 e. The van der Waals surface area contributed by atoms with E-state index in [0.717, 1.165) is 38.5 Å². The molecule has 0 bridgehead atoms. The van der Waals surface area contributed by atoms with E-state index in [1.54, 1.807) is 0 Å². The second-order valence-electron chi connectivity index (χ2n) is 17.8. The molecule has 9 heteroatoms. The summed E-state index contributed by atoms with van der Waals surface area (Å²) in [6.07, 6.45) is 45.0. The first kappa shape index (κ1) is 55.2. The molecule has 1 amide bonds. The van der Waals surface area contributed by atoms with Gasteiger partial charge in [-0.1, -0.05) is 199 Å². The van der Waals surface area contributed by atoms with Gasteiger partial charge >= 0.3 is 0 Å². The predicted molar refractivity (Wildman–Crippen MR) is 238 cm³/mol. The minimum absolute atomic E-state index is 0.0133. The molecule has 3 atom stereocenters. The number of phosphoric ester groups is 1. The Morgan fingerprint density at radius 3 is 1.39 bits per heavy atom. The highest BCUT2D eigenvalue weighted by Gasteiger charge is 2.24. The highest BCUT2D eigenvalue weighted by Crippen LogP contribution is 2.38. The normalized spacial score (nSPS) is 14.3. The summed E-state index contributed by atoms with van der Waals surface area (Å²) in [5.74, 6) is -0.167. The summed E-state index contributed by atoms with van der Waals surface area (Å²) in [5.41, 5.74) is 0. The summed E-state index contributed by atoms with van der Waals surface area (Å²) >= 11 is 0. The first-order chi connectivity index (χ1) is 27.0. The number of rotatable bonds is 44. The summed E-state index contributed by atoms with van der Waals surface area (Å²) in [6, 6.07) is -0.798.